The fraction of sp³-hybridized carbons (Fsp3) is 0.455. The predicted molar refractivity (Wildman–Crippen MR) is 125 cm³/mol. The van der Waals surface area contributed by atoms with Gasteiger partial charge in [0, 0.05) is 24.4 Å². The lowest BCUT2D eigenvalue weighted by atomic mass is 10.1. The summed E-state index contributed by atoms with van der Waals surface area (Å²) in [6.45, 7) is -0.782. The zero-order valence-corrected chi connectivity index (χ0v) is 19.8. The molecule has 35 heavy (non-hydrogen) atoms. The number of amides is 1. The van der Waals surface area contributed by atoms with E-state index in [2.05, 4.69) is 15.6 Å². The minimum atomic E-state index is -1.28. The van der Waals surface area contributed by atoms with Crippen LogP contribution < -0.4 is 10.00 Å². The molecule has 1 heterocycles. The highest BCUT2D eigenvalue weighted by molar-refractivity contribution is 7.80. The lowest BCUT2D eigenvalue weighted by molar-refractivity contribution is -0.659. The number of aromatic amines is 1. The molecule has 0 saturated heterocycles. The molecule has 0 bridgehead atoms. The van der Waals surface area contributed by atoms with Crippen molar-refractivity contribution in [3.8, 4) is 5.69 Å². The molecule has 5 N–H and O–H groups in total. The fourth-order valence-electron chi connectivity index (χ4n) is 3.21. The number of nitrogens with zero attached hydrogens (tertiary/aromatic N) is 3. The number of aromatic nitrogens is 3. The Hall–Kier alpha value is -3.45. The molecule has 13 heteroatoms. The van der Waals surface area contributed by atoms with Crippen molar-refractivity contribution in [2.45, 2.75) is 51.0 Å². The number of rotatable bonds is 15. The molecular formula is C22H29FN5O6S+. The molecule has 11 nitrogen and oxygen atoms in total. The normalized spacial score (nSPS) is 11.6. The van der Waals surface area contributed by atoms with E-state index in [1.54, 1.807) is 4.68 Å². The quantitative estimate of drug-likeness (QED) is 0.103. The number of carboxylic acid groups (broad SMARTS) is 2. The standard InChI is InChI=1S/C22H28FN5O6S/c23-12-2-4-16-13-27(26-25-16)17-8-6-15(7-9-17)3-1-5-20(29)28(34)14-19(35)24-18(22(32)33)10-11-21(30)31/h6-9,13,18,34H,1-5,10-12,14H2,(H3,24,30,31,32,33,35)/p+1/t18-/m0/s1. The number of hydrogen-bond donors (Lipinski definition) is 5. The van der Waals surface area contributed by atoms with Gasteiger partial charge >= 0.3 is 11.9 Å². The van der Waals surface area contributed by atoms with Crippen LogP contribution in [-0.4, -0.2) is 72.9 Å². The summed E-state index contributed by atoms with van der Waals surface area (Å²) >= 11 is 4.99. The van der Waals surface area contributed by atoms with E-state index < -0.39 is 30.4 Å². The van der Waals surface area contributed by atoms with Crippen molar-refractivity contribution >= 4 is 35.1 Å². The van der Waals surface area contributed by atoms with Gasteiger partial charge in [-0.2, -0.15) is 0 Å². The first kappa shape index (κ1) is 27.8. The third-order valence-corrected chi connectivity index (χ3v) is 5.33. The van der Waals surface area contributed by atoms with Gasteiger partial charge in [0.1, 0.15) is 6.04 Å². The molecule has 0 aliphatic heterocycles. The van der Waals surface area contributed by atoms with Gasteiger partial charge in [-0.3, -0.25) is 19.2 Å². The van der Waals surface area contributed by atoms with Gasteiger partial charge < -0.3 is 15.5 Å². The second-order valence-electron chi connectivity index (χ2n) is 7.86. The van der Waals surface area contributed by atoms with E-state index in [1.807, 2.05) is 30.5 Å². The van der Waals surface area contributed by atoms with Gasteiger partial charge in [0.2, 0.25) is 11.6 Å². The van der Waals surface area contributed by atoms with Crippen LogP contribution in [0.1, 0.15) is 43.4 Å². The second kappa shape index (κ2) is 14.1. The van der Waals surface area contributed by atoms with Crippen LogP contribution in [0.5, 0.6) is 0 Å². The highest BCUT2D eigenvalue weighted by Crippen LogP contribution is 2.09. The molecule has 1 atom stereocenters. The van der Waals surface area contributed by atoms with Crippen molar-refractivity contribution in [2.24, 2.45) is 0 Å². The molecule has 0 spiro atoms. The highest BCUT2D eigenvalue weighted by atomic mass is 32.1. The van der Waals surface area contributed by atoms with E-state index in [0.29, 0.717) is 30.7 Å². The van der Waals surface area contributed by atoms with Crippen molar-refractivity contribution < 1.29 is 38.9 Å². The Kier molecular flexibility index (Phi) is 11.2. The Morgan fingerprint density at radius 2 is 1.86 bits per heavy atom. The van der Waals surface area contributed by atoms with Crippen molar-refractivity contribution in [2.75, 3.05) is 13.2 Å². The monoisotopic (exact) mass is 510 g/mol. The first-order valence-corrected chi connectivity index (χ1v) is 11.4. The molecule has 0 aliphatic rings. The topological polar surface area (TPSA) is 160 Å². The van der Waals surface area contributed by atoms with Crippen LogP contribution in [0, 0.1) is 0 Å². The number of thiocarbonyl (C=S) groups is 1. The molecule has 1 amide bonds. The SMILES string of the molecule is O=C(O)CC[C@H](NC(=S)CN(O)C(=O)CCCc1ccc(-[n+]2cc(CCCF)n[nH]2)cc1)C(=O)O. The van der Waals surface area contributed by atoms with Gasteiger partial charge in [-0.05, 0) is 43.4 Å². The van der Waals surface area contributed by atoms with Crippen LogP contribution in [-0.2, 0) is 27.2 Å². The molecule has 2 aromatic rings. The Bertz CT molecular complexity index is 1020. The highest BCUT2D eigenvalue weighted by Gasteiger charge is 2.21. The smallest absolute Gasteiger partial charge is 0.326 e. The number of aliphatic carboxylic acids is 2. The number of aryl methyl sites for hydroxylation is 2. The number of carbonyl (C=O) groups excluding carboxylic acids is 1. The van der Waals surface area contributed by atoms with Crippen molar-refractivity contribution in [3.63, 3.8) is 0 Å². The summed E-state index contributed by atoms with van der Waals surface area (Å²) in [5.74, 6) is -2.99. The summed E-state index contributed by atoms with van der Waals surface area (Å²) in [5.41, 5.74) is 2.62. The summed E-state index contributed by atoms with van der Waals surface area (Å²) in [6, 6.07) is 6.37. The van der Waals surface area contributed by atoms with E-state index in [1.165, 1.54) is 0 Å². The number of hydrogen-bond acceptors (Lipinski definition) is 6. The lowest BCUT2D eigenvalue weighted by Gasteiger charge is -2.19. The minimum Gasteiger partial charge on any atom is -0.481 e. The number of H-pyrrole nitrogens is 1. The van der Waals surface area contributed by atoms with Crippen molar-refractivity contribution in [1.29, 1.82) is 0 Å². The van der Waals surface area contributed by atoms with Crippen LogP contribution in [0.3, 0.4) is 0 Å². The molecular weight excluding hydrogens is 481 g/mol. The number of benzene rings is 1. The second-order valence-corrected chi connectivity index (χ2v) is 8.35. The first-order valence-electron chi connectivity index (χ1n) is 11.0. The lowest BCUT2D eigenvalue weighted by Crippen LogP contribution is -2.45. The van der Waals surface area contributed by atoms with Gasteiger partial charge in [-0.1, -0.05) is 29.6 Å². The number of hydroxylamine groups is 2. The summed E-state index contributed by atoms with van der Waals surface area (Å²) in [4.78, 5) is 33.9. The molecule has 1 aromatic heterocycles. The van der Waals surface area contributed by atoms with E-state index >= 15 is 0 Å². The zero-order chi connectivity index (χ0) is 25.8. The average molecular weight is 511 g/mol. The Balaban J connectivity index is 1.76. The van der Waals surface area contributed by atoms with Gasteiger partial charge in [0.05, 0.1) is 18.2 Å². The van der Waals surface area contributed by atoms with E-state index in [9.17, 15) is 24.0 Å². The third kappa shape index (κ3) is 9.74. The average Bonchev–Trinajstić information content (AvgIpc) is 3.29. The Morgan fingerprint density at radius 1 is 1.14 bits per heavy atom. The number of carboxylic acids is 2. The maximum Gasteiger partial charge on any atom is 0.326 e. The summed E-state index contributed by atoms with van der Waals surface area (Å²) in [6.07, 6.45) is 3.34. The van der Waals surface area contributed by atoms with Crippen LogP contribution in [0.4, 0.5) is 4.39 Å². The van der Waals surface area contributed by atoms with Crippen molar-refractivity contribution in [3.05, 3.63) is 41.7 Å². The molecule has 0 aliphatic carbocycles. The van der Waals surface area contributed by atoms with E-state index in [4.69, 9.17) is 22.4 Å². The molecule has 0 unspecified atom stereocenters. The van der Waals surface area contributed by atoms with E-state index in [-0.39, 0.29) is 30.9 Å². The molecule has 1 aromatic carbocycles. The summed E-state index contributed by atoms with van der Waals surface area (Å²) < 4.78 is 14.0. The predicted octanol–water partition coefficient (Wildman–Crippen LogP) is 1.36. The fourth-order valence-corrected chi connectivity index (χ4v) is 3.48. The number of carbonyl (C=O) groups is 3. The van der Waals surface area contributed by atoms with Crippen LogP contribution in [0.25, 0.3) is 5.69 Å². The number of alkyl halides is 1. The maximum atomic E-state index is 12.3. The summed E-state index contributed by atoms with van der Waals surface area (Å²) in [5, 5.41) is 37.7. The maximum absolute atomic E-state index is 12.3. The van der Waals surface area contributed by atoms with E-state index in [0.717, 1.165) is 16.9 Å². The van der Waals surface area contributed by atoms with Crippen LogP contribution in [0.15, 0.2) is 30.5 Å². The molecule has 190 valence electrons. The third-order valence-electron chi connectivity index (χ3n) is 5.08. The molecule has 0 fully saturated rings. The zero-order valence-electron chi connectivity index (χ0n) is 19.0. The van der Waals surface area contributed by atoms with Gasteiger partial charge in [-0.15, -0.1) is 4.68 Å². The number of halogens is 1. The first-order chi connectivity index (χ1) is 16.7. The van der Waals surface area contributed by atoms with Crippen molar-refractivity contribution in [1.82, 2.24) is 20.7 Å². The van der Waals surface area contributed by atoms with Gasteiger partial charge in [0.15, 0.2) is 11.9 Å². The largest absolute Gasteiger partial charge is 0.481 e. The molecule has 2 rings (SSSR count). The van der Waals surface area contributed by atoms with Gasteiger partial charge in [0.25, 0.3) is 0 Å². The van der Waals surface area contributed by atoms with Crippen LogP contribution >= 0.6 is 12.2 Å². The minimum absolute atomic E-state index is 0.0511. The van der Waals surface area contributed by atoms with Gasteiger partial charge in [-0.25, -0.2) is 9.86 Å². The molecule has 0 saturated carbocycles. The number of nitrogens with one attached hydrogen (secondary N) is 2. The van der Waals surface area contributed by atoms with Crippen LogP contribution in [0.2, 0.25) is 0 Å². The summed E-state index contributed by atoms with van der Waals surface area (Å²) in [7, 11) is 0. The Morgan fingerprint density at radius 3 is 2.49 bits per heavy atom. The Labute approximate surface area is 206 Å². The molecule has 0 radical (unpaired) electrons.